The Morgan fingerprint density at radius 2 is 2.05 bits per heavy atom. The third-order valence-corrected chi connectivity index (χ3v) is 3.94. The topological polar surface area (TPSA) is 67.4 Å². The van der Waals surface area contributed by atoms with Crippen molar-refractivity contribution >= 4 is 5.91 Å². The molecule has 1 unspecified atom stereocenters. The molecule has 1 aromatic heterocycles. The first-order valence-corrected chi connectivity index (χ1v) is 6.65. The van der Waals surface area contributed by atoms with Crippen molar-refractivity contribution < 1.29 is 4.79 Å². The molecule has 0 spiro atoms. The van der Waals surface area contributed by atoms with Crippen LogP contribution in [-0.4, -0.2) is 64.8 Å². The van der Waals surface area contributed by atoms with E-state index in [4.69, 9.17) is 5.73 Å². The summed E-state index contributed by atoms with van der Waals surface area (Å²) in [6.45, 7) is 6.76. The van der Waals surface area contributed by atoms with E-state index in [-0.39, 0.29) is 11.9 Å². The molecule has 0 radical (unpaired) electrons. The second kappa shape index (κ2) is 5.30. The molecule has 0 bridgehead atoms. The van der Waals surface area contributed by atoms with Crippen LogP contribution in [0.4, 0.5) is 0 Å². The van der Waals surface area contributed by atoms with Crippen LogP contribution in [0, 0.1) is 13.8 Å². The van der Waals surface area contributed by atoms with Crippen LogP contribution in [0.15, 0.2) is 0 Å². The third kappa shape index (κ3) is 2.50. The third-order valence-electron chi connectivity index (χ3n) is 3.94. The lowest BCUT2D eigenvalue weighted by Gasteiger charge is -2.39. The van der Waals surface area contributed by atoms with Gasteiger partial charge in [-0.1, -0.05) is 0 Å². The van der Waals surface area contributed by atoms with E-state index < -0.39 is 0 Å². The zero-order valence-electron chi connectivity index (χ0n) is 12.2. The number of piperazine rings is 1. The lowest BCUT2D eigenvalue weighted by molar-refractivity contribution is 0.0514. The van der Waals surface area contributed by atoms with Crippen LogP contribution in [-0.2, 0) is 7.05 Å². The van der Waals surface area contributed by atoms with Gasteiger partial charge in [-0.25, -0.2) is 0 Å². The lowest BCUT2D eigenvalue weighted by Crippen LogP contribution is -2.56. The van der Waals surface area contributed by atoms with Gasteiger partial charge >= 0.3 is 0 Å². The Morgan fingerprint density at radius 3 is 2.58 bits per heavy atom. The maximum atomic E-state index is 12.7. The van der Waals surface area contributed by atoms with E-state index in [1.54, 1.807) is 4.68 Å². The summed E-state index contributed by atoms with van der Waals surface area (Å²) in [5, 5.41) is 4.32. The van der Waals surface area contributed by atoms with Gasteiger partial charge in [-0.3, -0.25) is 9.48 Å². The number of aryl methyl sites for hydroxylation is 2. The number of carbonyl (C=O) groups excluding carboxylic acids is 1. The predicted molar refractivity (Wildman–Crippen MR) is 74.1 cm³/mol. The lowest BCUT2D eigenvalue weighted by atomic mass is 10.1. The van der Waals surface area contributed by atoms with E-state index in [1.165, 1.54) is 0 Å². The summed E-state index contributed by atoms with van der Waals surface area (Å²) in [6.07, 6.45) is 0. The van der Waals surface area contributed by atoms with E-state index in [9.17, 15) is 4.79 Å². The number of hydrogen-bond acceptors (Lipinski definition) is 4. The van der Waals surface area contributed by atoms with E-state index >= 15 is 0 Å². The molecule has 1 saturated heterocycles. The molecule has 2 heterocycles. The van der Waals surface area contributed by atoms with Crippen molar-refractivity contribution in [3.05, 3.63) is 17.0 Å². The number of amides is 1. The summed E-state index contributed by atoms with van der Waals surface area (Å²) in [7, 11) is 3.93. The number of nitrogens with zero attached hydrogens (tertiary/aromatic N) is 4. The van der Waals surface area contributed by atoms with Crippen molar-refractivity contribution in [2.24, 2.45) is 12.8 Å². The predicted octanol–water partition coefficient (Wildman–Crippen LogP) is -0.248. The van der Waals surface area contributed by atoms with Crippen LogP contribution in [0.3, 0.4) is 0 Å². The fourth-order valence-corrected chi connectivity index (χ4v) is 2.71. The number of rotatable bonds is 2. The Balaban J connectivity index is 2.28. The van der Waals surface area contributed by atoms with E-state index in [0.29, 0.717) is 6.54 Å². The van der Waals surface area contributed by atoms with Gasteiger partial charge < -0.3 is 15.5 Å². The summed E-state index contributed by atoms with van der Waals surface area (Å²) in [5.41, 5.74) is 8.24. The summed E-state index contributed by atoms with van der Waals surface area (Å²) in [6, 6.07) is 0.0882. The van der Waals surface area contributed by atoms with Crippen molar-refractivity contribution in [1.82, 2.24) is 19.6 Å². The quantitative estimate of drug-likeness (QED) is 0.801. The molecule has 1 aliphatic rings. The van der Waals surface area contributed by atoms with E-state index in [0.717, 1.165) is 36.6 Å². The maximum Gasteiger partial charge on any atom is 0.257 e. The molecular weight excluding hydrogens is 242 g/mol. The van der Waals surface area contributed by atoms with E-state index in [2.05, 4.69) is 17.0 Å². The number of carbonyl (C=O) groups is 1. The first-order valence-electron chi connectivity index (χ1n) is 6.65. The number of likely N-dealkylation sites (N-methyl/N-ethyl adjacent to an activating group) is 1. The zero-order valence-corrected chi connectivity index (χ0v) is 12.2. The highest BCUT2D eigenvalue weighted by Crippen LogP contribution is 2.18. The highest BCUT2D eigenvalue weighted by molar-refractivity contribution is 5.96. The van der Waals surface area contributed by atoms with Crippen LogP contribution < -0.4 is 5.73 Å². The fourth-order valence-electron chi connectivity index (χ4n) is 2.71. The Bertz CT molecular complexity index is 482. The molecule has 1 atom stereocenters. The Morgan fingerprint density at radius 1 is 1.37 bits per heavy atom. The van der Waals surface area contributed by atoms with Gasteiger partial charge in [0.1, 0.15) is 0 Å². The molecule has 19 heavy (non-hydrogen) atoms. The molecule has 0 saturated carbocycles. The molecule has 1 aliphatic heterocycles. The van der Waals surface area contributed by atoms with Crippen molar-refractivity contribution in [2.45, 2.75) is 19.9 Å². The summed E-state index contributed by atoms with van der Waals surface area (Å²) < 4.78 is 1.76. The second-order valence-electron chi connectivity index (χ2n) is 5.32. The van der Waals surface area contributed by atoms with Gasteiger partial charge in [-0.2, -0.15) is 5.10 Å². The highest BCUT2D eigenvalue weighted by atomic mass is 16.2. The first kappa shape index (κ1) is 14.0. The molecule has 0 aromatic carbocycles. The Kier molecular flexibility index (Phi) is 3.91. The van der Waals surface area contributed by atoms with Crippen molar-refractivity contribution in [2.75, 3.05) is 33.2 Å². The molecule has 6 nitrogen and oxygen atoms in total. The molecular formula is C13H23N5O. The van der Waals surface area contributed by atoms with Crippen LogP contribution in [0.5, 0.6) is 0 Å². The summed E-state index contributed by atoms with van der Waals surface area (Å²) in [4.78, 5) is 16.8. The fraction of sp³-hybridized carbons (Fsp3) is 0.692. The largest absolute Gasteiger partial charge is 0.332 e. The number of nitrogens with two attached hydrogens (primary N) is 1. The minimum atomic E-state index is 0.0617. The van der Waals surface area contributed by atoms with Crippen LogP contribution >= 0.6 is 0 Å². The van der Waals surface area contributed by atoms with Crippen LogP contribution in [0.25, 0.3) is 0 Å². The normalized spacial score (nSPS) is 20.9. The monoisotopic (exact) mass is 265 g/mol. The number of hydrogen-bond donors (Lipinski definition) is 1. The zero-order chi connectivity index (χ0) is 14.2. The minimum absolute atomic E-state index is 0.0617. The Labute approximate surface area is 114 Å². The Hall–Kier alpha value is -1.40. The average Bonchev–Trinajstić information content (AvgIpc) is 2.62. The molecule has 0 aliphatic carbocycles. The molecule has 106 valence electrons. The standard InChI is InChI=1S/C13H23N5O/c1-9-12(10(2)17(4)15-9)13(19)18-6-5-16(3)8-11(18)7-14/h11H,5-8,14H2,1-4H3. The van der Waals surface area contributed by atoms with Gasteiger partial charge in [-0.15, -0.1) is 0 Å². The molecule has 2 rings (SSSR count). The molecule has 2 N–H and O–H groups in total. The maximum absolute atomic E-state index is 12.7. The highest BCUT2D eigenvalue weighted by Gasteiger charge is 2.31. The second-order valence-corrected chi connectivity index (χ2v) is 5.32. The molecule has 1 aromatic rings. The average molecular weight is 265 g/mol. The van der Waals surface area contributed by atoms with Crippen molar-refractivity contribution in [1.29, 1.82) is 0 Å². The SMILES string of the molecule is Cc1nn(C)c(C)c1C(=O)N1CCN(C)CC1CN. The van der Waals surface area contributed by atoms with Gasteiger partial charge in [0.25, 0.3) is 5.91 Å². The van der Waals surface area contributed by atoms with Crippen molar-refractivity contribution in [3.8, 4) is 0 Å². The van der Waals surface area contributed by atoms with Crippen LogP contribution in [0.1, 0.15) is 21.7 Å². The smallest absolute Gasteiger partial charge is 0.257 e. The summed E-state index contributed by atoms with van der Waals surface area (Å²) >= 11 is 0. The molecule has 1 fully saturated rings. The van der Waals surface area contributed by atoms with Gasteiger partial charge in [0, 0.05) is 38.9 Å². The van der Waals surface area contributed by atoms with Crippen molar-refractivity contribution in [3.63, 3.8) is 0 Å². The van der Waals surface area contributed by atoms with E-state index in [1.807, 2.05) is 25.8 Å². The van der Waals surface area contributed by atoms with Gasteiger partial charge in [0.15, 0.2) is 0 Å². The summed E-state index contributed by atoms with van der Waals surface area (Å²) in [5.74, 6) is 0.0617. The van der Waals surface area contributed by atoms with Gasteiger partial charge in [-0.05, 0) is 20.9 Å². The first-order chi connectivity index (χ1) is 8.95. The van der Waals surface area contributed by atoms with Gasteiger partial charge in [0.05, 0.1) is 17.3 Å². The van der Waals surface area contributed by atoms with Gasteiger partial charge in [0.2, 0.25) is 0 Å². The minimum Gasteiger partial charge on any atom is -0.332 e. The van der Waals surface area contributed by atoms with Crippen LogP contribution in [0.2, 0.25) is 0 Å². The molecule has 1 amide bonds. The molecule has 6 heteroatoms. The number of aromatic nitrogens is 2.